The molecule has 13 heteroatoms. The zero-order valence-electron chi connectivity index (χ0n) is 13.3. The summed E-state index contributed by atoms with van der Waals surface area (Å²) in [6, 6.07) is -0.827. The van der Waals surface area contributed by atoms with E-state index in [0.717, 1.165) is 0 Å². The van der Waals surface area contributed by atoms with Crippen molar-refractivity contribution >= 4 is 21.6 Å². The minimum absolute atomic E-state index is 0.00999. The maximum atomic E-state index is 13.0. The SMILES string of the molecule is NC(N)=NC1CC(O)(C2=NNNN2)C2CC(CC(O)CO)S(=O)(=O)C12. The van der Waals surface area contributed by atoms with E-state index in [1.54, 1.807) is 0 Å². The number of amidine groups is 1. The van der Waals surface area contributed by atoms with Gasteiger partial charge in [-0.1, -0.05) is 0 Å². The second-order valence-electron chi connectivity index (χ2n) is 6.66. The van der Waals surface area contributed by atoms with Gasteiger partial charge in [0.05, 0.1) is 29.3 Å². The highest BCUT2D eigenvalue weighted by molar-refractivity contribution is 7.93. The average molecular weight is 377 g/mol. The van der Waals surface area contributed by atoms with E-state index in [0.29, 0.717) is 0 Å². The van der Waals surface area contributed by atoms with Crippen molar-refractivity contribution in [3.05, 3.63) is 0 Å². The summed E-state index contributed by atoms with van der Waals surface area (Å²) in [5, 5.41) is 31.9. The first-order valence-corrected chi connectivity index (χ1v) is 9.48. The van der Waals surface area contributed by atoms with Crippen LogP contribution in [0.25, 0.3) is 0 Å². The average Bonchev–Trinajstić information content (AvgIpc) is 3.19. The summed E-state index contributed by atoms with van der Waals surface area (Å²) in [6.45, 7) is -0.537. The lowest BCUT2D eigenvalue weighted by Gasteiger charge is -2.28. The highest BCUT2D eigenvalue weighted by Crippen LogP contribution is 2.51. The number of sulfone groups is 1. The van der Waals surface area contributed by atoms with Crippen LogP contribution in [0.1, 0.15) is 19.3 Å². The summed E-state index contributed by atoms with van der Waals surface area (Å²) in [5.41, 5.74) is 16.9. The van der Waals surface area contributed by atoms with Crippen LogP contribution in [0.5, 0.6) is 0 Å². The number of hydrazone groups is 1. The van der Waals surface area contributed by atoms with Gasteiger partial charge in [-0.05, 0) is 12.8 Å². The number of aliphatic imine (C=N–C) groups is 1. The Morgan fingerprint density at radius 3 is 2.76 bits per heavy atom. The second-order valence-corrected chi connectivity index (χ2v) is 9.05. The standard InChI is InChI=1S/C12H23N7O5S/c13-11(14)15-8-3-12(22,10-16-18-19-17-10)7-2-6(1-5(21)4-20)25(23,24)9(7)8/h5-9,18-22H,1-4H2,(H,16,17)(H4,13,14,15). The van der Waals surface area contributed by atoms with Crippen molar-refractivity contribution in [3.63, 3.8) is 0 Å². The van der Waals surface area contributed by atoms with E-state index in [9.17, 15) is 18.6 Å². The molecule has 0 bridgehead atoms. The Labute approximate surface area is 144 Å². The molecule has 3 aliphatic rings. The second kappa shape index (κ2) is 6.25. The van der Waals surface area contributed by atoms with Crippen LogP contribution < -0.4 is 28.0 Å². The Balaban J connectivity index is 1.99. The largest absolute Gasteiger partial charge is 0.394 e. The molecule has 142 valence electrons. The van der Waals surface area contributed by atoms with E-state index in [1.165, 1.54) is 0 Å². The van der Waals surface area contributed by atoms with Crippen molar-refractivity contribution in [2.45, 2.75) is 47.5 Å². The third-order valence-corrected chi connectivity index (χ3v) is 7.86. The molecule has 0 radical (unpaired) electrons. The first-order valence-electron chi connectivity index (χ1n) is 7.87. The summed E-state index contributed by atoms with van der Waals surface area (Å²) in [6.07, 6.45) is -1.17. The number of hydrogen-bond acceptors (Lipinski definition) is 10. The van der Waals surface area contributed by atoms with Crippen molar-refractivity contribution in [1.29, 1.82) is 0 Å². The minimum Gasteiger partial charge on any atom is -0.394 e. The van der Waals surface area contributed by atoms with E-state index >= 15 is 0 Å². The van der Waals surface area contributed by atoms with Gasteiger partial charge in [0.25, 0.3) is 0 Å². The van der Waals surface area contributed by atoms with Crippen LogP contribution in [0, 0.1) is 5.92 Å². The molecule has 6 atom stereocenters. The van der Waals surface area contributed by atoms with Gasteiger partial charge in [0.15, 0.2) is 21.6 Å². The highest BCUT2D eigenvalue weighted by atomic mass is 32.2. The van der Waals surface area contributed by atoms with Gasteiger partial charge in [-0.15, -0.1) is 10.6 Å². The fourth-order valence-electron chi connectivity index (χ4n) is 4.14. The molecule has 0 aromatic carbocycles. The lowest BCUT2D eigenvalue weighted by molar-refractivity contribution is 0.0606. The molecule has 10 N–H and O–H groups in total. The van der Waals surface area contributed by atoms with Crippen LogP contribution in [0.15, 0.2) is 10.1 Å². The molecule has 6 unspecified atom stereocenters. The third-order valence-electron chi connectivity index (χ3n) is 5.15. The number of nitrogens with two attached hydrogens (primary N) is 2. The first kappa shape index (κ1) is 18.1. The molecule has 1 saturated heterocycles. The number of rotatable bonds is 5. The number of aliphatic hydroxyl groups is 3. The molecule has 25 heavy (non-hydrogen) atoms. The van der Waals surface area contributed by atoms with Crippen molar-refractivity contribution in [3.8, 4) is 0 Å². The third kappa shape index (κ3) is 2.91. The highest BCUT2D eigenvalue weighted by Gasteiger charge is 2.66. The van der Waals surface area contributed by atoms with Gasteiger partial charge in [-0.25, -0.2) is 18.9 Å². The van der Waals surface area contributed by atoms with Crippen LogP contribution in [-0.4, -0.2) is 70.4 Å². The monoisotopic (exact) mass is 377 g/mol. The number of hydrazine groups is 2. The zero-order valence-corrected chi connectivity index (χ0v) is 14.1. The lowest BCUT2D eigenvalue weighted by Crippen LogP contribution is -2.51. The van der Waals surface area contributed by atoms with Crippen molar-refractivity contribution in [2.24, 2.45) is 27.5 Å². The maximum absolute atomic E-state index is 13.0. The fraction of sp³-hybridized carbons (Fsp3) is 0.833. The topological polar surface area (TPSA) is 208 Å². The predicted molar refractivity (Wildman–Crippen MR) is 88.3 cm³/mol. The van der Waals surface area contributed by atoms with E-state index in [1.807, 2.05) is 0 Å². The van der Waals surface area contributed by atoms with Gasteiger partial charge in [0.1, 0.15) is 5.60 Å². The molecule has 2 heterocycles. The van der Waals surface area contributed by atoms with Gasteiger partial charge >= 0.3 is 0 Å². The normalized spacial score (nSPS) is 39.9. The Morgan fingerprint density at radius 1 is 1.48 bits per heavy atom. The zero-order chi connectivity index (χ0) is 18.4. The van der Waals surface area contributed by atoms with Crippen molar-refractivity contribution in [1.82, 2.24) is 16.5 Å². The molecule has 0 aromatic rings. The molecule has 12 nitrogen and oxygen atoms in total. The number of fused-ring (bicyclic) bond motifs is 1. The Bertz CT molecular complexity index is 694. The van der Waals surface area contributed by atoms with Crippen molar-refractivity contribution < 1.29 is 23.7 Å². The van der Waals surface area contributed by atoms with Crippen LogP contribution in [0.4, 0.5) is 0 Å². The van der Waals surface area contributed by atoms with Crippen LogP contribution >= 0.6 is 0 Å². The Kier molecular flexibility index (Phi) is 4.53. The van der Waals surface area contributed by atoms with Crippen LogP contribution in [0.2, 0.25) is 0 Å². The van der Waals surface area contributed by atoms with Crippen LogP contribution in [0.3, 0.4) is 0 Å². The van der Waals surface area contributed by atoms with E-state index in [4.69, 9.17) is 16.6 Å². The summed E-state index contributed by atoms with van der Waals surface area (Å²) in [7, 11) is -3.74. The number of aliphatic hydroxyl groups excluding tert-OH is 2. The summed E-state index contributed by atoms with van der Waals surface area (Å²) in [4.78, 5) is 4.01. The summed E-state index contributed by atoms with van der Waals surface area (Å²) < 4.78 is 25.9. The fourth-order valence-corrected chi connectivity index (χ4v) is 6.94. The molecule has 0 spiro atoms. The molecule has 1 aliphatic carbocycles. The molecule has 2 aliphatic heterocycles. The molecular weight excluding hydrogens is 354 g/mol. The maximum Gasteiger partial charge on any atom is 0.186 e. The number of nitrogens with one attached hydrogen (secondary N) is 3. The molecule has 1 saturated carbocycles. The molecular formula is C12H23N7O5S. The summed E-state index contributed by atoms with van der Waals surface area (Å²) in [5.74, 6) is -0.802. The number of guanidine groups is 1. The van der Waals surface area contributed by atoms with E-state index < -0.39 is 50.6 Å². The van der Waals surface area contributed by atoms with Gasteiger partial charge < -0.3 is 26.8 Å². The van der Waals surface area contributed by atoms with Crippen molar-refractivity contribution in [2.75, 3.05) is 6.61 Å². The quantitative estimate of drug-likeness (QED) is 0.170. The number of nitrogens with zero attached hydrogens (tertiary/aromatic N) is 2. The number of hydrogen-bond donors (Lipinski definition) is 8. The smallest absolute Gasteiger partial charge is 0.186 e. The van der Waals surface area contributed by atoms with Gasteiger partial charge in [-0.2, -0.15) is 0 Å². The molecule has 3 rings (SSSR count). The van der Waals surface area contributed by atoms with Gasteiger partial charge in [0, 0.05) is 12.3 Å². The predicted octanol–water partition coefficient (Wildman–Crippen LogP) is -4.40. The lowest BCUT2D eigenvalue weighted by atomic mass is 9.85. The van der Waals surface area contributed by atoms with E-state index in [-0.39, 0.29) is 31.1 Å². The molecule has 2 fully saturated rings. The minimum atomic E-state index is -3.74. The van der Waals surface area contributed by atoms with Gasteiger partial charge in [-0.3, -0.25) is 5.43 Å². The summed E-state index contributed by atoms with van der Waals surface area (Å²) >= 11 is 0. The van der Waals surface area contributed by atoms with Gasteiger partial charge in [0.2, 0.25) is 0 Å². The van der Waals surface area contributed by atoms with Crippen LogP contribution in [-0.2, 0) is 9.84 Å². The Morgan fingerprint density at radius 2 is 2.20 bits per heavy atom. The Hall–Kier alpha value is -1.67. The first-order chi connectivity index (χ1) is 11.7. The van der Waals surface area contributed by atoms with E-state index in [2.05, 4.69) is 26.6 Å². The molecule has 0 aromatic heterocycles. The molecule has 0 amide bonds.